The van der Waals surface area contributed by atoms with Crippen LogP contribution in [0.3, 0.4) is 0 Å². The molecule has 25 heavy (non-hydrogen) atoms. The second kappa shape index (κ2) is 7.85. The summed E-state index contributed by atoms with van der Waals surface area (Å²) in [6.07, 6.45) is 5.54. The van der Waals surface area contributed by atoms with Gasteiger partial charge in [0, 0.05) is 63.0 Å². The van der Waals surface area contributed by atoms with Crippen LogP contribution in [0.4, 0.5) is 5.69 Å². The fraction of sp³-hybridized carbons (Fsp3) is 0.632. The smallest absolute Gasteiger partial charge is 0.222 e. The lowest BCUT2D eigenvalue weighted by atomic mass is 9.91. The largest absolute Gasteiger partial charge is 0.369 e. The van der Waals surface area contributed by atoms with E-state index in [4.69, 9.17) is 0 Å². The normalized spacial score (nSPS) is 23.6. The molecule has 0 radical (unpaired) electrons. The Kier molecular flexibility index (Phi) is 5.56. The summed E-state index contributed by atoms with van der Waals surface area (Å²) in [6, 6.07) is 4.18. The van der Waals surface area contributed by atoms with Crippen molar-refractivity contribution in [1.82, 2.24) is 15.2 Å². The molecule has 1 N–H and O–H groups in total. The van der Waals surface area contributed by atoms with E-state index in [1.807, 2.05) is 12.1 Å². The summed E-state index contributed by atoms with van der Waals surface area (Å²) in [6.45, 7) is 7.52. The Morgan fingerprint density at radius 3 is 2.72 bits per heavy atom. The molecule has 0 aliphatic carbocycles. The van der Waals surface area contributed by atoms with Crippen LogP contribution in [-0.2, 0) is 9.59 Å². The zero-order chi connectivity index (χ0) is 17.8. The van der Waals surface area contributed by atoms with Crippen LogP contribution in [0, 0.1) is 11.8 Å². The Bertz CT molecular complexity index is 605. The lowest BCUT2D eigenvalue weighted by molar-refractivity contribution is -0.128. The third kappa shape index (κ3) is 4.30. The minimum absolute atomic E-state index is 0.0481. The molecule has 0 spiro atoms. The first kappa shape index (κ1) is 17.7. The van der Waals surface area contributed by atoms with Crippen molar-refractivity contribution in [3.8, 4) is 0 Å². The highest BCUT2D eigenvalue weighted by molar-refractivity contribution is 5.80. The summed E-state index contributed by atoms with van der Waals surface area (Å²) >= 11 is 0. The minimum atomic E-state index is 0.0481. The summed E-state index contributed by atoms with van der Waals surface area (Å²) in [5.74, 6) is 1.15. The lowest BCUT2D eigenvalue weighted by Gasteiger charge is -2.23. The number of hydrogen-bond donors (Lipinski definition) is 1. The molecule has 1 aromatic heterocycles. The number of likely N-dealkylation sites (tertiary alicyclic amines) is 1. The molecule has 2 aliphatic heterocycles. The molecule has 0 bridgehead atoms. The first-order chi connectivity index (χ1) is 12.0. The number of anilines is 1. The number of hydrogen-bond acceptors (Lipinski definition) is 4. The zero-order valence-electron chi connectivity index (χ0n) is 15.1. The molecule has 0 unspecified atom stereocenters. The van der Waals surface area contributed by atoms with Crippen LogP contribution in [0.5, 0.6) is 0 Å². The third-order valence-electron chi connectivity index (χ3n) is 5.38. The average molecular weight is 344 g/mol. The highest BCUT2D eigenvalue weighted by Gasteiger charge is 2.35. The first-order valence-corrected chi connectivity index (χ1v) is 9.26. The number of pyridine rings is 1. The van der Waals surface area contributed by atoms with Crippen LogP contribution in [0.2, 0.25) is 0 Å². The molecule has 2 aliphatic rings. The van der Waals surface area contributed by atoms with Crippen molar-refractivity contribution in [1.29, 1.82) is 0 Å². The fourth-order valence-electron chi connectivity index (χ4n) is 3.88. The van der Waals surface area contributed by atoms with E-state index in [0.29, 0.717) is 31.2 Å². The molecule has 2 fully saturated rings. The van der Waals surface area contributed by atoms with Crippen LogP contribution in [0.1, 0.15) is 33.1 Å². The van der Waals surface area contributed by atoms with Crippen molar-refractivity contribution >= 4 is 17.5 Å². The first-order valence-electron chi connectivity index (χ1n) is 9.26. The molecule has 3 heterocycles. The maximum absolute atomic E-state index is 12.4. The highest BCUT2D eigenvalue weighted by Crippen LogP contribution is 2.28. The van der Waals surface area contributed by atoms with E-state index < -0.39 is 0 Å². The quantitative estimate of drug-likeness (QED) is 0.853. The number of aromatic nitrogens is 1. The summed E-state index contributed by atoms with van der Waals surface area (Å²) in [5, 5.41) is 3.21. The van der Waals surface area contributed by atoms with Gasteiger partial charge in [0.1, 0.15) is 0 Å². The summed E-state index contributed by atoms with van der Waals surface area (Å²) in [4.78, 5) is 32.3. The van der Waals surface area contributed by atoms with Gasteiger partial charge in [-0.1, -0.05) is 13.8 Å². The predicted octanol–water partition coefficient (Wildman–Crippen LogP) is 1.67. The van der Waals surface area contributed by atoms with Gasteiger partial charge in [-0.15, -0.1) is 0 Å². The van der Waals surface area contributed by atoms with Gasteiger partial charge < -0.3 is 15.1 Å². The Hall–Kier alpha value is -2.11. The average Bonchev–Trinajstić information content (AvgIpc) is 3.20. The molecule has 6 nitrogen and oxygen atoms in total. The minimum Gasteiger partial charge on any atom is -0.369 e. The van der Waals surface area contributed by atoms with Gasteiger partial charge in [-0.3, -0.25) is 14.6 Å². The van der Waals surface area contributed by atoms with Gasteiger partial charge in [0.15, 0.2) is 0 Å². The van der Waals surface area contributed by atoms with Crippen LogP contribution in [0.15, 0.2) is 24.5 Å². The highest BCUT2D eigenvalue weighted by atomic mass is 16.2. The van der Waals surface area contributed by atoms with Gasteiger partial charge in [0.25, 0.3) is 0 Å². The maximum atomic E-state index is 12.4. The zero-order valence-corrected chi connectivity index (χ0v) is 15.1. The number of amides is 2. The van der Waals surface area contributed by atoms with E-state index in [0.717, 1.165) is 31.7 Å². The second-order valence-electron chi connectivity index (χ2n) is 7.43. The molecule has 136 valence electrons. The Morgan fingerprint density at radius 1 is 1.32 bits per heavy atom. The van der Waals surface area contributed by atoms with Crippen LogP contribution < -0.4 is 10.2 Å². The van der Waals surface area contributed by atoms with Crippen LogP contribution >= 0.6 is 0 Å². The molecule has 0 aromatic carbocycles. The molecule has 2 amide bonds. The fourth-order valence-corrected chi connectivity index (χ4v) is 3.88. The van der Waals surface area contributed by atoms with Crippen molar-refractivity contribution in [2.45, 2.75) is 39.2 Å². The summed E-state index contributed by atoms with van der Waals surface area (Å²) < 4.78 is 0. The van der Waals surface area contributed by atoms with Gasteiger partial charge in [-0.25, -0.2) is 0 Å². The Labute approximate surface area is 149 Å². The Morgan fingerprint density at radius 2 is 2.08 bits per heavy atom. The molecule has 3 rings (SSSR count). The van der Waals surface area contributed by atoms with E-state index in [1.54, 1.807) is 17.3 Å². The van der Waals surface area contributed by atoms with Crippen LogP contribution in [-0.4, -0.2) is 53.9 Å². The van der Waals surface area contributed by atoms with Gasteiger partial charge >= 0.3 is 0 Å². The molecule has 2 saturated heterocycles. The lowest BCUT2D eigenvalue weighted by Crippen LogP contribution is -2.43. The number of rotatable bonds is 6. The van der Waals surface area contributed by atoms with Crippen molar-refractivity contribution in [2.24, 2.45) is 11.8 Å². The number of carbonyl (C=O) groups is 2. The van der Waals surface area contributed by atoms with E-state index in [-0.39, 0.29) is 17.9 Å². The van der Waals surface area contributed by atoms with Gasteiger partial charge in [-0.2, -0.15) is 0 Å². The van der Waals surface area contributed by atoms with E-state index in [2.05, 4.69) is 29.0 Å². The number of nitrogens with zero attached hydrogens (tertiary/aromatic N) is 3. The van der Waals surface area contributed by atoms with E-state index in [9.17, 15) is 9.59 Å². The van der Waals surface area contributed by atoms with Crippen molar-refractivity contribution in [3.05, 3.63) is 24.5 Å². The van der Waals surface area contributed by atoms with Crippen LogP contribution in [0.25, 0.3) is 0 Å². The topological polar surface area (TPSA) is 65.5 Å². The molecular weight excluding hydrogens is 316 g/mol. The van der Waals surface area contributed by atoms with Crippen molar-refractivity contribution in [2.75, 3.05) is 31.1 Å². The second-order valence-corrected chi connectivity index (χ2v) is 7.43. The SMILES string of the molecule is CC(C)[C@@H]1CN(c2ccncc2)C[C@H]1NC(=O)CCN1CCCC1=O. The van der Waals surface area contributed by atoms with Crippen molar-refractivity contribution < 1.29 is 9.59 Å². The molecule has 1 aromatic rings. The maximum Gasteiger partial charge on any atom is 0.222 e. The molecule has 0 saturated carbocycles. The van der Waals surface area contributed by atoms with Gasteiger partial charge in [0.05, 0.1) is 6.04 Å². The van der Waals surface area contributed by atoms with E-state index >= 15 is 0 Å². The standard InChI is InChI=1S/C19H28N4O2/c1-14(2)16-12-23(15-5-8-20-9-6-15)13-17(16)21-18(24)7-11-22-10-3-4-19(22)25/h5-6,8-9,14,16-17H,3-4,7,10-13H2,1-2H3,(H,21,24)/t16-,17+/m0/s1. The summed E-state index contributed by atoms with van der Waals surface area (Å²) in [5.41, 5.74) is 1.15. The third-order valence-corrected chi connectivity index (χ3v) is 5.38. The summed E-state index contributed by atoms with van der Waals surface area (Å²) in [7, 11) is 0. The molecule has 6 heteroatoms. The predicted molar refractivity (Wildman–Crippen MR) is 97.1 cm³/mol. The van der Waals surface area contributed by atoms with Crippen molar-refractivity contribution in [3.63, 3.8) is 0 Å². The molecular formula is C19H28N4O2. The molecule has 2 atom stereocenters. The van der Waals surface area contributed by atoms with E-state index in [1.165, 1.54) is 0 Å². The monoisotopic (exact) mass is 344 g/mol. The number of carbonyl (C=O) groups excluding carboxylic acids is 2. The Balaban J connectivity index is 1.56. The van der Waals surface area contributed by atoms with Gasteiger partial charge in [-0.05, 0) is 24.5 Å². The number of nitrogens with one attached hydrogen (secondary N) is 1. The van der Waals surface area contributed by atoms with Gasteiger partial charge in [0.2, 0.25) is 11.8 Å².